The number of hydrogen-bond donors (Lipinski definition) is 1. The monoisotopic (exact) mass is 404 g/mol. The molecule has 0 bridgehead atoms. The van der Waals surface area contributed by atoms with Crippen LogP contribution in [0.4, 0.5) is 0 Å². The zero-order valence-corrected chi connectivity index (χ0v) is 17.7. The van der Waals surface area contributed by atoms with Gasteiger partial charge in [-0.25, -0.2) is 0 Å². The Morgan fingerprint density at radius 3 is 2.26 bits per heavy atom. The molecule has 0 aromatic rings. The van der Waals surface area contributed by atoms with Crippen LogP contribution in [0.3, 0.4) is 0 Å². The smallest absolute Gasteiger partial charge is 0.155 e. The lowest BCUT2D eigenvalue weighted by Crippen LogP contribution is -2.11. The Morgan fingerprint density at radius 1 is 0.889 bits per heavy atom. The predicted molar refractivity (Wildman–Crippen MR) is 107 cm³/mol. The van der Waals surface area contributed by atoms with Gasteiger partial charge in [-0.2, -0.15) is 0 Å². The van der Waals surface area contributed by atoms with Crippen LogP contribution >= 0.6 is 9.03 Å². The Balaban J connectivity index is 1.32. The van der Waals surface area contributed by atoms with Gasteiger partial charge < -0.3 is 28.4 Å². The highest BCUT2D eigenvalue weighted by molar-refractivity contribution is 7.26. The second kappa shape index (κ2) is 14.0. The van der Waals surface area contributed by atoms with E-state index in [-0.39, 0.29) is 15.6 Å². The highest BCUT2D eigenvalue weighted by atomic mass is 31.1. The van der Waals surface area contributed by atoms with E-state index in [9.17, 15) is 0 Å². The van der Waals surface area contributed by atoms with Crippen molar-refractivity contribution >= 4 is 9.03 Å². The van der Waals surface area contributed by atoms with Crippen LogP contribution < -0.4 is 0 Å². The van der Waals surface area contributed by atoms with Crippen LogP contribution in [-0.2, 0) is 23.3 Å². The zero-order chi connectivity index (χ0) is 19.2. The Labute approximate surface area is 165 Å². The average Bonchev–Trinajstić information content (AvgIpc) is 3.19. The van der Waals surface area contributed by atoms with Crippen molar-refractivity contribution in [3.63, 3.8) is 0 Å². The molecule has 4 atom stereocenters. The van der Waals surface area contributed by atoms with E-state index in [0.717, 1.165) is 18.4 Å². The maximum atomic E-state index is 8.53. The van der Waals surface area contributed by atoms with Crippen molar-refractivity contribution in [3.8, 4) is 0 Å². The fraction of sp³-hybridized carbons (Fsp3) is 0.900. The van der Waals surface area contributed by atoms with E-state index in [2.05, 4.69) is 19.1 Å². The van der Waals surface area contributed by atoms with Gasteiger partial charge in [0.15, 0.2) is 9.03 Å². The molecule has 2 rings (SSSR count). The van der Waals surface area contributed by atoms with E-state index in [1.54, 1.807) is 0 Å². The minimum absolute atomic E-state index is 0.0199. The number of fused-ring (bicyclic) bond motifs is 1. The maximum Gasteiger partial charge on any atom is 0.155 e. The molecule has 6 nitrogen and oxygen atoms in total. The van der Waals surface area contributed by atoms with E-state index in [0.29, 0.717) is 51.7 Å². The molecule has 0 heterocycles. The number of rotatable bonds is 16. The van der Waals surface area contributed by atoms with E-state index in [1.807, 2.05) is 0 Å². The van der Waals surface area contributed by atoms with Gasteiger partial charge in [-0.1, -0.05) is 19.1 Å². The van der Waals surface area contributed by atoms with Crippen molar-refractivity contribution < 1.29 is 28.4 Å². The molecule has 0 aromatic carbocycles. The van der Waals surface area contributed by atoms with Crippen LogP contribution in [0.5, 0.6) is 0 Å². The molecule has 0 aromatic heterocycles. The molecule has 1 N–H and O–H groups in total. The van der Waals surface area contributed by atoms with Crippen molar-refractivity contribution in [1.29, 1.82) is 0 Å². The summed E-state index contributed by atoms with van der Waals surface area (Å²) in [5.41, 5.74) is 0.567. The molecule has 0 radical (unpaired) electrons. The molecule has 1 saturated carbocycles. The number of allylic oxidation sites excluding steroid dienone is 2. The average molecular weight is 404 g/mol. The van der Waals surface area contributed by atoms with E-state index in [4.69, 9.17) is 28.4 Å². The third kappa shape index (κ3) is 8.86. The minimum atomic E-state index is -0.0405. The lowest BCUT2D eigenvalue weighted by molar-refractivity contribution is 0.00815. The van der Waals surface area contributed by atoms with Gasteiger partial charge in [0.05, 0.1) is 52.9 Å². The number of aliphatic hydroxyl groups is 1. The van der Waals surface area contributed by atoms with Gasteiger partial charge in [0.25, 0.3) is 0 Å². The van der Waals surface area contributed by atoms with Crippen LogP contribution in [0.1, 0.15) is 39.0 Å². The molecular weight excluding hydrogens is 367 g/mol. The molecule has 7 heteroatoms. The van der Waals surface area contributed by atoms with Crippen LogP contribution in [0.2, 0.25) is 0 Å². The van der Waals surface area contributed by atoms with Crippen LogP contribution in [0, 0.1) is 17.3 Å². The molecule has 3 unspecified atom stereocenters. The van der Waals surface area contributed by atoms with Gasteiger partial charge in [0, 0.05) is 6.61 Å². The van der Waals surface area contributed by atoms with Gasteiger partial charge in [-0.05, 0) is 49.4 Å². The third-order valence-corrected chi connectivity index (χ3v) is 6.33. The van der Waals surface area contributed by atoms with Crippen molar-refractivity contribution in [3.05, 3.63) is 12.2 Å². The van der Waals surface area contributed by atoms with Crippen LogP contribution in [-0.4, -0.2) is 64.6 Å². The lowest BCUT2D eigenvalue weighted by Gasteiger charge is -2.12. The number of ether oxygens (including phenoxy) is 3. The second-order valence-electron chi connectivity index (χ2n) is 7.44. The Morgan fingerprint density at radius 2 is 1.52 bits per heavy atom. The fourth-order valence-corrected chi connectivity index (χ4v) is 4.55. The second-order valence-corrected chi connectivity index (χ2v) is 8.18. The third-order valence-electron chi connectivity index (χ3n) is 5.69. The summed E-state index contributed by atoms with van der Waals surface area (Å²) in [6.07, 6.45) is 11.1. The van der Waals surface area contributed by atoms with Gasteiger partial charge in [0.2, 0.25) is 0 Å². The first-order valence-corrected chi connectivity index (χ1v) is 11.1. The van der Waals surface area contributed by atoms with E-state index in [1.165, 1.54) is 32.1 Å². The van der Waals surface area contributed by atoms with E-state index < -0.39 is 0 Å². The summed E-state index contributed by atoms with van der Waals surface area (Å²) in [7, 11) is -0.0405. The van der Waals surface area contributed by atoms with Gasteiger partial charge in [-0.15, -0.1) is 0 Å². The van der Waals surface area contributed by atoms with Gasteiger partial charge >= 0.3 is 0 Å². The maximum absolute atomic E-state index is 8.53. The number of aliphatic hydroxyl groups excluding tert-OH is 1. The molecule has 2 aliphatic rings. The summed E-state index contributed by atoms with van der Waals surface area (Å²) >= 11 is 0. The highest BCUT2D eigenvalue weighted by Crippen LogP contribution is 2.65. The Bertz CT molecular complexity index is 408. The van der Waals surface area contributed by atoms with Crippen molar-refractivity contribution in [1.82, 2.24) is 0 Å². The summed E-state index contributed by atoms with van der Waals surface area (Å²) < 4.78 is 26.9. The summed E-state index contributed by atoms with van der Waals surface area (Å²) in [6, 6.07) is 0. The molecule has 158 valence electrons. The van der Waals surface area contributed by atoms with Gasteiger partial charge in [0.1, 0.15) is 0 Å². The highest BCUT2D eigenvalue weighted by Gasteiger charge is 2.58. The van der Waals surface area contributed by atoms with Crippen LogP contribution in [0.25, 0.3) is 0 Å². The molecule has 2 aliphatic carbocycles. The quantitative estimate of drug-likeness (QED) is 0.242. The Kier molecular flexibility index (Phi) is 12.0. The lowest BCUT2D eigenvalue weighted by atomic mass is 9.94. The first kappa shape index (κ1) is 23.2. The number of hydrogen-bond acceptors (Lipinski definition) is 6. The summed E-state index contributed by atoms with van der Waals surface area (Å²) in [5, 5.41) is 8.53. The molecule has 0 amide bonds. The van der Waals surface area contributed by atoms with Crippen molar-refractivity contribution in [2.45, 2.75) is 39.0 Å². The summed E-state index contributed by atoms with van der Waals surface area (Å²) in [5.74, 6) is 1.76. The summed E-state index contributed by atoms with van der Waals surface area (Å²) in [4.78, 5) is 0. The minimum Gasteiger partial charge on any atom is -0.394 e. The molecule has 1 fully saturated rings. The topological polar surface area (TPSA) is 66.4 Å². The van der Waals surface area contributed by atoms with E-state index >= 15 is 0 Å². The van der Waals surface area contributed by atoms with Crippen LogP contribution in [0.15, 0.2) is 12.2 Å². The fourth-order valence-electron chi connectivity index (χ4n) is 4.13. The predicted octanol–water partition coefficient (Wildman–Crippen LogP) is 3.34. The largest absolute Gasteiger partial charge is 0.394 e. The SMILES string of the molecule is CC12CC/C=C\CCC1[C@@H]2CCOCCOCCOCCOPOCCO. The standard InChI is InChI=1S/C20H37O6P/c1-20-8-5-3-2-4-6-18(20)19(20)7-10-22-12-13-23-14-15-24-16-17-26-27-25-11-9-21/h2-3,18-19,21,27H,4-17H2,1H3/b3-2-/t18?,19-,20?/m0/s1. The normalized spacial score (nSPS) is 28.8. The van der Waals surface area contributed by atoms with Crippen molar-refractivity contribution in [2.75, 3.05) is 59.5 Å². The molecule has 0 spiro atoms. The van der Waals surface area contributed by atoms with Gasteiger partial charge in [-0.3, -0.25) is 0 Å². The zero-order valence-electron chi connectivity index (χ0n) is 16.7. The Hall–Kier alpha value is -0.0700. The molecule has 27 heavy (non-hydrogen) atoms. The molecular formula is C20H37O6P. The first-order valence-electron chi connectivity index (χ1n) is 10.3. The summed E-state index contributed by atoms with van der Waals surface area (Å²) in [6.45, 7) is 7.06. The molecule has 0 aliphatic heterocycles. The van der Waals surface area contributed by atoms with Crippen molar-refractivity contribution in [2.24, 2.45) is 17.3 Å². The first-order chi connectivity index (χ1) is 13.3. The molecule has 0 saturated heterocycles.